The Labute approximate surface area is 131 Å². The van der Waals surface area contributed by atoms with E-state index in [1.165, 1.54) is 5.56 Å². The van der Waals surface area contributed by atoms with Crippen LogP contribution in [-0.2, 0) is 13.0 Å². The third-order valence-electron chi connectivity index (χ3n) is 3.15. The van der Waals surface area contributed by atoms with Gasteiger partial charge in [-0.3, -0.25) is 0 Å². The van der Waals surface area contributed by atoms with Gasteiger partial charge in [0.15, 0.2) is 0 Å². The van der Waals surface area contributed by atoms with Gasteiger partial charge in [-0.25, -0.2) is 4.98 Å². The van der Waals surface area contributed by atoms with Crippen molar-refractivity contribution in [1.29, 1.82) is 0 Å². The zero-order valence-electron chi connectivity index (χ0n) is 12.7. The highest BCUT2D eigenvalue weighted by Gasteiger charge is 2.06. The van der Waals surface area contributed by atoms with Crippen LogP contribution in [0.1, 0.15) is 30.2 Å². The predicted molar refractivity (Wildman–Crippen MR) is 87.3 cm³/mol. The molecular formula is C17H21ClN2O. The van der Waals surface area contributed by atoms with Crippen LogP contribution in [0.25, 0.3) is 0 Å². The fourth-order valence-electron chi connectivity index (χ4n) is 2.16. The van der Waals surface area contributed by atoms with Crippen molar-refractivity contribution in [3.05, 3.63) is 52.2 Å². The Morgan fingerprint density at radius 2 is 2.05 bits per heavy atom. The van der Waals surface area contributed by atoms with E-state index in [1.807, 2.05) is 38.2 Å². The molecule has 2 aromatic rings. The minimum absolute atomic E-state index is 0.632. The molecule has 4 heteroatoms. The second kappa shape index (κ2) is 7.43. The second-order valence-corrected chi connectivity index (χ2v) is 5.51. The molecule has 112 valence electrons. The molecule has 0 radical (unpaired) electrons. The first kappa shape index (κ1) is 15.8. The molecule has 1 aromatic carbocycles. The zero-order chi connectivity index (χ0) is 15.2. The lowest BCUT2D eigenvalue weighted by Gasteiger charge is -2.10. The average molecular weight is 305 g/mol. The van der Waals surface area contributed by atoms with E-state index < -0.39 is 0 Å². The van der Waals surface area contributed by atoms with Crippen molar-refractivity contribution in [3.63, 3.8) is 0 Å². The van der Waals surface area contributed by atoms with E-state index in [0.717, 1.165) is 41.4 Å². The molecular weight excluding hydrogens is 284 g/mol. The first-order chi connectivity index (χ1) is 10.1. The Balaban J connectivity index is 2.26. The molecule has 0 unspecified atom stereocenters. The van der Waals surface area contributed by atoms with Gasteiger partial charge in [-0.05, 0) is 55.8 Å². The van der Waals surface area contributed by atoms with E-state index in [1.54, 1.807) is 0 Å². The molecule has 1 heterocycles. The number of ether oxygens (including phenoxy) is 1. The molecule has 0 saturated heterocycles. The fraction of sp³-hybridized carbons (Fsp3) is 0.353. The summed E-state index contributed by atoms with van der Waals surface area (Å²) in [6, 6.07) is 9.73. The molecule has 1 N–H and O–H groups in total. The normalized spacial score (nSPS) is 10.7. The van der Waals surface area contributed by atoms with Crippen LogP contribution in [-0.4, -0.2) is 12.0 Å². The molecule has 2 rings (SSSR count). The van der Waals surface area contributed by atoms with E-state index in [4.69, 9.17) is 16.3 Å². The van der Waals surface area contributed by atoms with Gasteiger partial charge in [0.1, 0.15) is 5.75 Å². The number of pyridine rings is 1. The van der Waals surface area contributed by atoms with Crippen LogP contribution in [0.3, 0.4) is 0 Å². The lowest BCUT2D eigenvalue weighted by Crippen LogP contribution is -2.06. The van der Waals surface area contributed by atoms with Crippen LogP contribution in [0.15, 0.2) is 30.3 Å². The molecule has 21 heavy (non-hydrogen) atoms. The molecule has 0 aliphatic carbocycles. The molecule has 0 aliphatic heterocycles. The Hall–Kier alpha value is -1.58. The zero-order valence-corrected chi connectivity index (χ0v) is 13.5. The Bertz CT molecular complexity index is 589. The molecule has 3 nitrogen and oxygen atoms in total. The summed E-state index contributed by atoms with van der Waals surface area (Å²) in [7, 11) is 1.93. The van der Waals surface area contributed by atoms with Gasteiger partial charge in [0.2, 0.25) is 5.88 Å². The smallest absolute Gasteiger partial charge is 0.219 e. The van der Waals surface area contributed by atoms with Crippen LogP contribution in [0.2, 0.25) is 5.02 Å². The summed E-state index contributed by atoms with van der Waals surface area (Å²) in [5.74, 6) is 1.39. The number of hydrogen-bond donors (Lipinski definition) is 1. The van der Waals surface area contributed by atoms with Crippen LogP contribution >= 0.6 is 11.6 Å². The molecule has 0 saturated carbocycles. The average Bonchev–Trinajstić information content (AvgIpc) is 2.43. The number of nitrogens with zero attached hydrogens (tertiary/aromatic N) is 1. The van der Waals surface area contributed by atoms with Crippen LogP contribution in [0.4, 0.5) is 0 Å². The minimum atomic E-state index is 0.632. The van der Waals surface area contributed by atoms with Crippen molar-refractivity contribution in [2.75, 3.05) is 7.05 Å². The maximum absolute atomic E-state index is 6.04. The Kier molecular flexibility index (Phi) is 5.59. The van der Waals surface area contributed by atoms with Gasteiger partial charge >= 0.3 is 0 Å². The predicted octanol–water partition coefficient (Wildman–Crippen LogP) is 4.51. The summed E-state index contributed by atoms with van der Waals surface area (Å²) in [5, 5.41) is 3.90. The topological polar surface area (TPSA) is 34.1 Å². The quantitative estimate of drug-likeness (QED) is 0.852. The highest BCUT2D eigenvalue weighted by molar-refractivity contribution is 6.31. The van der Waals surface area contributed by atoms with Crippen molar-refractivity contribution >= 4 is 11.6 Å². The van der Waals surface area contributed by atoms with Crippen molar-refractivity contribution in [2.24, 2.45) is 0 Å². The van der Waals surface area contributed by atoms with Gasteiger partial charge < -0.3 is 10.1 Å². The first-order valence-corrected chi connectivity index (χ1v) is 7.58. The number of halogens is 1. The highest BCUT2D eigenvalue weighted by atomic mass is 35.5. The number of aromatic nitrogens is 1. The summed E-state index contributed by atoms with van der Waals surface area (Å²) >= 11 is 6.04. The van der Waals surface area contributed by atoms with Gasteiger partial charge in [0.25, 0.3) is 0 Å². The Morgan fingerprint density at radius 3 is 2.71 bits per heavy atom. The van der Waals surface area contributed by atoms with E-state index >= 15 is 0 Å². The third kappa shape index (κ3) is 4.45. The van der Waals surface area contributed by atoms with Gasteiger partial charge in [-0.2, -0.15) is 0 Å². The highest BCUT2D eigenvalue weighted by Crippen LogP contribution is 2.26. The molecule has 0 spiro atoms. The number of aryl methyl sites for hydroxylation is 2. The number of hydrogen-bond acceptors (Lipinski definition) is 3. The first-order valence-electron chi connectivity index (χ1n) is 7.20. The van der Waals surface area contributed by atoms with Crippen LogP contribution in [0.5, 0.6) is 11.6 Å². The number of rotatable bonds is 6. The van der Waals surface area contributed by atoms with Gasteiger partial charge in [-0.1, -0.05) is 24.9 Å². The molecule has 0 bridgehead atoms. The van der Waals surface area contributed by atoms with Crippen molar-refractivity contribution < 1.29 is 4.74 Å². The lowest BCUT2D eigenvalue weighted by molar-refractivity contribution is 0.459. The van der Waals surface area contributed by atoms with Crippen molar-refractivity contribution in [2.45, 2.75) is 33.2 Å². The monoisotopic (exact) mass is 304 g/mol. The summed E-state index contributed by atoms with van der Waals surface area (Å²) < 4.78 is 5.89. The van der Waals surface area contributed by atoms with E-state index in [9.17, 15) is 0 Å². The van der Waals surface area contributed by atoms with Crippen LogP contribution < -0.4 is 10.1 Å². The Morgan fingerprint density at radius 1 is 1.24 bits per heavy atom. The number of nitrogens with one attached hydrogen (secondary N) is 1. The molecule has 0 amide bonds. The maximum Gasteiger partial charge on any atom is 0.219 e. The van der Waals surface area contributed by atoms with Gasteiger partial charge in [0, 0.05) is 23.3 Å². The van der Waals surface area contributed by atoms with E-state index in [-0.39, 0.29) is 0 Å². The van der Waals surface area contributed by atoms with E-state index in [2.05, 4.69) is 23.3 Å². The van der Waals surface area contributed by atoms with E-state index in [0.29, 0.717) is 5.88 Å². The SMILES string of the molecule is CCCc1cc(CNC)cc(Oc2ccc(Cl)c(C)c2)n1. The largest absolute Gasteiger partial charge is 0.439 e. The minimum Gasteiger partial charge on any atom is -0.439 e. The van der Waals surface area contributed by atoms with Crippen molar-refractivity contribution in [3.8, 4) is 11.6 Å². The standard InChI is InChI=1S/C17H21ClN2O/c1-4-5-14-9-13(11-19-3)10-17(20-14)21-15-6-7-16(18)12(2)8-15/h6-10,19H,4-5,11H2,1-3H3. The van der Waals surface area contributed by atoms with Gasteiger partial charge in [0.05, 0.1) is 0 Å². The molecule has 1 aromatic heterocycles. The summed E-state index contributed by atoms with van der Waals surface area (Å²) in [6.45, 7) is 4.91. The molecule has 0 atom stereocenters. The molecule has 0 aliphatic rings. The second-order valence-electron chi connectivity index (χ2n) is 5.10. The van der Waals surface area contributed by atoms with Crippen molar-refractivity contribution in [1.82, 2.24) is 10.3 Å². The van der Waals surface area contributed by atoms with Gasteiger partial charge in [-0.15, -0.1) is 0 Å². The third-order valence-corrected chi connectivity index (χ3v) is 3.58. The summed E-state index contributed by atoms with van der Waals surface area (Å²) in [4.78, 5) is 4.57. The fourth-order valence-corrected chi connectivity index (χ4v) is 2.28. The summed E-state index contributed by atoms with van der Waals surface area (Å²) in [6.07, 6.45) is 2.02. The summed E-state index contributed by atoms with van der Waals surface area (Å²) in [5.41, 5.74) is 3.23. The van der Waals surface area contributed by atoms with Crippen LogP contribution in [0, 0.1) is 6.92 Å². The number of benzene rings is 1. The molecule has 0 fully saturated rings. The maximum atomic E-state index is 6.04. The lowest BCUT2D eigenvalue weighted by atomic mass is 10.1.